The minimum absolute atomic E-state index is 0.0507. The molecule has 3 rings (SSSR count). The summed E-state index contributed by atoms with van der Waals surface area (Å²) in [5, 5.41) is 11.4. The molecule has 0 unspecified atom stereocenters. The fraction of sp³-hybridized carbons (Fsp3) is 0.368. The Morgan fingerprint density at radius 1 is 1.26 bits per heavy atom. The number of hydrogen-bond donors (Lipinski definition) is 1. The van der Waals surface area contributed by atoms with Crippen LogP contribution in [0.4, 0.5) is 6.01 Å². The minimum Gasteiger partial charge on any atom is -0.494 e. The van der Waals surface area contributed by atoms with Crippen molar-refractivity contribution < 1.29 is 13.9 Å². The molecule has 0 fully saturated rings. The number of aryl methyl sites for hydroxylation is 2. The second-order valence-electron chi connectivity index (χ2n) is 6.10. The van der Waals surface area contributed by atoms with Crippen LogP contribution in [-0.2, 0) is 0 Å². The number of nitrogens with zero attached hydrogens (tertiary/aromatic N) is 3. The van der Waals surface area contributed by atoms with Gasteiger partial charge in [-0.1, -0.05) is 30.9 Å². The number of benzene rings is 1. The zero-order chi connectivity index (χ0) is 19.2. The summed E-state index contributed by atoms with van der Waals surface area (Å²) in [7, 11) is 0. The summed E-state index contributed by atoms with van der Waals surface area (Å²) in [6.07, 6.45) is 3.26. The average Bonchev–Trinajstić information content (AvgIpc) is 3.24. The quantitative estimate of drug-likeness (QED) is 0.568. The highest BCUT2D eigenvalue weighted by atomic mass is 32.1. The Balaban J connectivity index is 1.65. The third-order valence-corrected chi connectivity index (χ3v) is 4.92. The standard InChI is InChI=1S/C19H22N4O3S/c1-4-5-6-10-25-15-9-7-8-14(11-15)17(24)21-19-23-22-18(26-19)16-12(2)20-13(3)27-16/h7-9,11H,4-6,10H2,1-3H3,(H,21,23,24). The Hall–Kier alpha value is -2.74. The fourth-order valence-electron chi connectivity index (χ4n) is 2.53. The molecule has 0 spiro atoms. The van der Waals surface area contributed by atoms with Gasteiger partial charge in [-0.25, -0.2) is 4.98 Å². The number of amides is 1. The molecule has 1 N–H and O–H groups in total. The summed E-state index contributed by atoms with van der Waals surface area (Å²) in [6, 6.07) is 7.09. The Morgan fingerprint density at radius 3 is 2.85 bits per heavy atom. The molecule has 2 aromatic heterocycles. The van der Waals surface area contributed by atoms with Crippen LogP contribution in [0.1, 0.15) is 47.2 Å². The zero-order valence-corrected chi connectivity index (χ0v) is 16.4. The van der Waals surface area contributed by atoms with Crippen molar-refractivity contribution in [2.75, 3.05) is 11.9 Å². The Labute approximate surface area is 161 Å². The van der Waals surface area contributed by atoms with Crippen molar-refractivity contribution in [1.82, 2.24) is 15.2 Å². The molecule has 3 aromatic rings. The normalized spacial score (nSPS) is 10.8. The number of aromatic nitrogens is 3. The van der Waals surface area contributed by atoms with Crippen molar-refractivity contribution in [2.24, 2.45) is 0 Å². The third-order valence-electron chi connectivity index (χ3n) is 3.86. The number of nitrogens with one attached hydrogen (secondary N) is 1. The molecule has 0 saturated heterocycles. The molecule has 1 aromatic carbocycles. The first-order valence-corrected chi connectivity index (χ1v) is 9.70. The summed E-state index contributed by atoms with van der Waals surface area (Å²) in [5.74, 6) is 0.684. The summed E-state index contributed by atoms with van der Waals surface area (Å²) in [4.78, 5) is 17.6. The van der Waals surface area contributed by atoms with Crippen LogP contribution in [0.5, 0.6) is 5.75 Å². The van der Waals surface area contributed by atoms with E-state index in [-0.39, 0.29) is 11.9 Å². The van der Waals surface area contributed by atoms with E-state index in [1.165, 1.54) is 11.3 Å². The first kappa shape index (κ1) is 19.0. The number of ether oxygens (including phenoxy) is 1. The van der Waals surface area contributed by atoms with Crippen molar-refractivity contribution >= 4 is 23.3 Å². The van der Waals surface area contributed by atoms with Crippen molar-refractivity contribution in [1.29, 1.82) is 0 Å². The van der Waals surface area contributed by atoms with E-state index in [1.54, 1.807) is 18.2 Å². The molecule has 0 aliphatic carbocycles. The van der Waals surface area contributed by atoms with E-state index in [0.29, 0.717) is 23.8 Å². The Morgan fingerprint density at radius 2 is 2.11 bits per heavy atom. The number of carbonyl (C=O) groups excluding carboxylic acids is 1. The molecule has 142 valence electrons. The van der Waals surface area contributed by atoms with Gasteiger partial charge in [0.1, 0.15) is 10.6 Å². The van der Waals surface area contributed by atoms with Gasteiger partial charge in [0.2, 0.25) is 0 Å². The molecule has 8 heteroatoms. The first-order valence-electron chi connectivity index (χ1n) is 8.89. The van der Waals surface area contributed by atoms with Crippen molar-refractivity contribution in [3.8, 4) is 16.5 Å². The van der Waals surface area contributed by atoms with Gasteiger partial charge in [-0.05, 0) is 38.5 Å². The van der Waals surface area contributed by atoms with E-state index in [2.05, 4.69) is 27.4 Å². The molecule has 2 heterocycles. The molecular weight excluding hydrogens is 364 g/mol. The molecular formula is C19H22N4O3S. The van der Waals surface area contributed by atoms with E-state index in [1.807, 2.05) is 19.9 Å². The topological polar surface area (TPSA) is 90.1 Å². The molecule has 0 radical (unpaired) electrons. The highest BCUT2D eigenvalue weighted by molar-refractivity contribution is 7.15. The van der Waals surface area contributed by atoms with Gasteiger partial charge in [-0.15, -0.1) is 16.4 Å². The number of unbranched alkanes of at least 4 members (excludes halogenated alkanes) is 2. The summed E-state index contributed by atoms with van der Waals surface area (Å²) >= 11 is 1.47. The minimum atomic E-state index is -0.332. The maximum Gasteiger partial charge on any atom is 0.322 e. The molecule has 27 heavy (non-hydrogen) atoms. The summed E-state index contributed by atoms with van der Waals surface area (Å²) in [6.45, 7) is 6.58. The second kappa shape index (κ2) is 8.77. The van der Waals surface area contributed by atoms with Crippen LogP contribution in [0.2, 0.25) is 0 Å². The van der Waals surface area contributed by atoms with Crippen LogP contribution in [-0.4, -0.2) is 27.7 Å². The third kappa shape index (κ3) is 4.91. The lowest BCUT2D eigenvalue weighted by Crippen LogP contribution is -2.12. The van der Waals surface area contributed by atoms with E-state index < -0.39 is 0 Å². The highest BCUT2D eigenvalue weighted by Gasteiger charge is 2.17. The molecule has 7 nitrogen and oxygen atoms in total. The van der Waals surface area contributed by atoms with Crippen LogP contribution in [0, 0.1) is 13.8 Å². The number of rotatable bonds is 8. The van der Waals surface area contributed by atoms with E-state index >= 15 is 0 Å². The molecule has 0 aliphatic heterocycles. The van der Waals surface area contributed by atoms with Gasteiger partial charge >= 0.3 is 6.01 Å². The van der Waals surface area contributed by atoms with Crippen LogP contribution < -0.4 is 10.1 Å². The summed E-state index contributed by atoms with van der Waals surface area (Å²) in [5.41, 5.74) is 1.29. The SMILES string of the molecule is CCCCCOc1cccc(C(=O)Nc2nnc(-c3sc(C)nc3C)o2)c1. The van der Waals surface area contributed by atoms with Gasteiger partial charge in [0, 0.05) is 5.56 Å². The molecule has 0 atom stereocenters. The van der Waals surface area contributed by atoms with Gasteiger partial charge in [0.25, 0.3) is 11.8 Å². The van der Waals surface area contributed by atoms with Gasteiger partial charge in [-0.3, -0.25) is 10.1 Å². The second-order valence-corrected chi connectivity index (χ2v) is 7.30. The van der Waals surface area contributed by atoms with Crippen LogP contribution in [0.25, 0.3) is 10.8 Å². The fourth-order valence-corrected chi connectivity index (χ4v) is 3.37. The van der Waals surface area contributed by atoms with Crippen molar-refractivity contribution in [2.45, 2.75) is 40.0 Å². The van der Waals surface area contributed by atoms with Gasteiger partial charge in [0.05, 0.1) is 17.3 Å². The number of hydrogen-bond acceptors (Lipinski definition) is 7. The number of anilines is 1. The van der Waals surface area contributed by atoms with Crippen LogP contribution >= 0.6 is 11.3 Å². The molecule has 1 amide bonds. The number of carbonyl (C=O) groups is 1. The lowest BCUT2D eigenvalue weighted by atomic mass is 10.2. The van der Waals surface area contributed by atoms with Crippen molar-refractivity contribution in [3.63, 3.8) is 0 Å². The highest BCUT2D eigenvalue weighted by Crippen LogP contribution is 2.29. The average molecular weight is 386 g/mol. The summed E-state index contributed by atoms with van der Waals surface area (Å²) < 4.78 is 11.3. The predicted molar refractivity (Wildman–Crippen MR) is 104 cm³/mol. The monoisotopic (exact) mass is 386 g/mol. The molecule has 0 saturated carbocycles. The van der Waals surface area contributed by atoms with Crippen LogP contribution in [0.3, 0.4) is 0 Å². The predicted octanol–water partition coefficient (Wildman–Crippen LogP) is 4.63. The van der Waals surface area contributed by atoms with Crippen molar-refractivity contribution in [3.05, 3.63) is 40.5 Å². The van der Waals surface area contributed by atoms with Gasteiger partial charge in [-0.2, -0.15) is 0 Å². The lowest BCUT2D eigenvalue weighted by Gasteiger charge is -2.07. The molecule has 0 aliphatic rings. The largest absolute Gasteiger partial charge is 0.494 e. The first-order chi connectivity index (χ1) is 13.1. The Bertz CT molecular complexity index is 919. The van der Waals surface area contributed by atoms with Crippen LogP contribution in [0.15, 0.2) is 28.7 Å². The van der Waals surface area contributed by atoms with E-state index in [9.17, 15) is 4.79 Å². The Kier molecular flexibility index (Phi) is 6.18. The lowest BCUT2D eigenvalue weighted by molar-refractivity contribution is 0.102. The zero-order valence-electron chi connectivity index (χ0n) is 15.6. The van der Waals surface area contributed by atoms with E-state index in [4.69, 9.17) is 9.15 Å². The van der Waals surface area contributed by atoms with Gasteiger partial charge in [0.15, 0.2) is 0 Å². The smallest absolute Gasteiger partial charge is 0.322 e. The maximum absolute atomic E-state index is 12.5. The number of thiazole rings is 1. The maximum atomic E-state index is 12.5. The van der Waals surface area contributed by atoms with Gasteiger partial charge < -0.3 is 9.15 Å². The molecule has 0 bridgehead atoms. The van der Waals surface area contributed by atoms with E-state index in [0.717, 1.165) is 34.8 Å².